The summed E-state index contributed by atoms with van der Waals surface area (Å²) in [6, 6.07) is 70.2. The fourth-order valence-corrected chi connectivity index (χ4v) is 11.7. The van der Waals surface area contributed by atoms with Crippen LogP contribution in [0.1, 0.15) is 33.4 Å². The first-order valence-corrected chi connectivity index (χ1v) is 24.0. The minimum atomic E-state index is 0.111. The van der Waals surface area contributed by atoms with Crippen molar-refractivity contribution in [3.63, 3.8) is 0 Å². The predicted octanol–water partition coefficient (Wildman–Crippen LogP) is 17.8. The third-order valence-corrected chi connectivity index (χ3v) is 14.8. The van der Waals surface area contributed by atoms with Gasteiger partial charge in [-0.3, -0.25) is 0 Å². The normalized spacial score (nSPS) is 15.9. The van der Waals surface area contributed by atoms with Crippen LogP contribution in [0.5, 0.6) is 0 Å². The second-order valence-corrected chi connectivity index (χ2v) is 19.1. The highest BCUT2D eigenvalue weighted by Crippen LogP contribution is 2.66. The van der Waals surface area contributed by atoms with Crippen LogP contribution in [0.4, 0.5) is 28.4 Å². The second-order valence-electron chi connectivity index (χ2n) is 19.1. The van der Waals surface area contributed by atoms with E-state index in [9.17, 15) is 0 Å². The molecule has 2 unspecified atom stereocenters. The van der Waals surface area contributed by atoms with Crippen molar-refractivity contribution in [3.05, 3.63) is 258 Å². The summed E-state index contributed by atoms with van der Waals surface area (Å²) in [5.74, 6) is 0.246. The Bertz CT molecular complexity index is 3520. The lowest BCUT2D eigenvalue weighted by molar-refractivity contribution is 0.651. The molecule has 0 spiro atoms. The number of allylic oxidation sites excluding steroid dienone is 7. The second kappa shape index (κ2) is 15.7. The van der Waals surface area contributed by atoms with Crippen LogP contribution in [0.25, 0.3) is 66.4 Å². The molecule has 0 bridgehead atoms. The van der Waals surface area contributed by atoms with E-state index in [4.69, 9.17) is 0 Å². The summed E-state index contributed by atoms with van der Waals surface area (Å²) in [6.07, 6.45) is 12.1. The molecule has 68 heavy (non-hydrogen) atoms. The van der Waals surface area contributed by atoms with Crippen LogP contribution in [0.3, 0.4) is 0 Å². The van der Waals surface area contributed by atoms with E-state index in [0.29, 0.717) is 0 Å². The Morgan fingerprint density at radius 2 is 0.809 bits per heavy atom. The molecule has 0 N–H and O–H groups in total. The Morgan fingerprint density at radius 3 is 1.31 bits per heavy atom. The summed E-state index contributed by atoms with van der Waals surface area (Å²) in [5, 5.41) is 2.55. The molecule has 0 aliphatic heterocycles. The molecular formula is C66H50N2. The maximum absolute atomic E-state index is 2.49. The van der Waals surface area contributed by atoms with E-state index in [0.717, 1.165) is 11.4 Å². The Labute approximate surface area is 399 Å². The van der Waals surface area contributed by atoms with Crippen molar-refractivity contribution in [3.8, 4) is 44.5 Å². The summed E-state index contributed by atoms with van der Waals surface area (Å²) in [7, 11) is 0. The first-order valence-electron chi connectivity index (χ1n) is 24.0. The topological polar surface area (TPSA) is 6.48 Å². The van der Waals surface area contributed by atoms with Gasteiger partial charge < -0.3 is 9.80 Å². The fourth-order valence-electron chi connectivity index (χ4n) is 11.7. The van der Waals surface area contributed by atoms with Gasteiger partial charge in [-0.2, -0.15) is 0 Å². The van der Waals surface area contributed by atoms with Gasteiger partial charge in [-0.25, -0.2) is 0 Å². The molecule has 4 aliphatic rings. The molecule has 0 radical (unpaired) electrons. The largest absolute Gasteiger partial charge is 0.314 e. The molecule has 0 heterocycles. The van der Waals surface area contributed by atoms with Gasteiger partial charge in [0.15, 0.2) is 0 Å². The standard InChI is InChI=1S/C66H50N2/c1-41-21-29-47(30-22-41)67(48-31-23-42(2)24-32-48)57-39-37-55-61-51(57)17-11-19-53(61)63-59(45-13-7-5-8-14-45)66-56-38-40-58(68(49-33-25-43(3)26-34-49)50-35-27-44(4)28-36-50)52-18-12-20-54(62(52)56)64(66)60(65(55)63)46-15-9-6-10-16-46/h5-40,51,61H,1-4H3. The van der Waals surface area contributed by atoms with Crippen molar-refractivity contribution in [2.24, 2.45) is 11.8 Å². The highest BCUT2D eigenvalue weighted by Gasteiger charge is 2.47. The molecule has 2 nitrogen and oxygen atoms in total. The minimum absolute atomic E-state index is 0.111. The number of benzene rings is 9. The van der Waals surface area contributed by atoms with E-state index in [1.165, 1.54) is 123 Å². The molecule has 2 atom stereocenters. The third kappa shape index (κ3) is 6.17. The van der Waals surface area contributed by atoms with Gasteiger partial charge in [0, 0.05) is 45.7 Å². The van der Waals surface area contributed by atoms with Crippen LogP contribution in [0.15, 0.2) is 224 Å². The van der Waals surface area contributed by atoms with E-state index >= 15 is 0 Å². The molecule has 0 fully saturated rings. The quantitative estimate of drug-likeness (QED) is 0.150. The Balaban J connectivity index is 1.10. The monoisotopic (exact) mass is 870 g/mol. The maximum Gasteiger partial charge on any atom is 0.0540 e. The van der Waals surface area contributed by atoms with E-state index in [2.05, 4.69) is 256 Å². The number of hydrogen-bond donors (Lipinski definition) is 0. The summed E-state index contributed by atoms with van der Waals surface area (Å²) in [5.41, 5.74) is 27.9. The molecule has 9 aromatic carbocycles. The van der Waals surface area contributed by atoms with Crippen LogP contribution in [-0.4, -0.2) is 0 Å². The van der Waals surface area contributed by atoms with Gasteiger partial charge in [0.1, 0.15) is 0 Å². The Kier molecular flexibility index (Phi) is 9.27. The molecule has 9 aromatic rings. The average Bonchev–Trinajstić information content (AvgIpc) is 3.89. The van der Waals surface area contributed by atoms with Crippen molar-refractivity contribution in [1.29, 1.82) is 0 Å². The molecule has 324 valence electrons. The number of hydrogen-bond acceptors (Lipinski definition) is 2. The SMILES string of the molecule is Cc1ccc(N(C2=CC=C3c4c(c(-c5ccccc5)c5c(c4-c4ccccc4)-c4cccc6c(N(c7ccc(C)cc7)c7ccc(C)cc7)ccc-5c46)C4=CC=CC2C34)c2ccc(C)cc2)cc1. The number of fused-ring (bicyclic) bond motifs is 6. The molecule has 2 heteroatoms. The fraction of sp³-hybridized carbons (Fsp3) is 0.0909. The van der Waals surface area contributed by atoms with Crippen molar-refractivity contribution in [2.75, 3.05) is 9.80 Å². The summed E-state index contributed by atoms with van der Waals surface area (Å²) in [6.45, 7) is 8.66. The zero-order valence-electron chi connectivity index (χ0n) is 38.8. The van der Waals surface area contributed by atoms with Crippen LogP contribution in [0, 0.1) is 39.5 Å². The molecule has 0 saturated carbocycles. The summed E-state index contributed by atoms with van der Waals surface area (Å²) in [4.78, 5) is 4.94. The van der Waals surface area contributed by atoms with Gasteiger partial charge in [0.25, 0.3) is 0 Å². The molecule has 0 amide bonds. The number of nitrogens with zero attached hydrogens (tertiary/aromatic N) is 2. The smallest absolute Gasteiger partial charge is 0.0540 e. The first kappa shape index (κ1) is 40.1. The van der Waals surface area contributed by atoms with E-state index in [-0.39, 0.29) is 11.8 Å². The van der Waals surface area contributed by atoms with Crippen molar-refractivity contribution in [2.45, 2.75) is 27.7 Å². The van der Waals surface area contributed by atoms with E-state index in [1.54, 1.807) is 0 Å². The molecule has 13 rings (SSSR count). The van der Waals surface area contributed by atoms with Crippen LogP contribution in [-0.2, 0) is 0 Å². The van der Waals surface area contributed by atoms with Crippen LogP contribution < -0.4 is 9.80 Å². The van der Waals surface area contributed by atoms with Gasteiger partial charge in [0.05, 0.1) is 5.69 Å². The molecule has 4 aliphatic carbocycles. The van der Waals surface area contributed by atoms with Gasteiger partial charge >= 0.3 is 0 Å². The highest BCUT2D eigenvalue weighted by atomic mass is 15.2. The Hall–Kier alpha value is -8.20. The minimum Gasteiger partial charge on any atom is -0.314 e. The zero-order valence-corrected chi connectivity index (χ0v) is 38.8. The van der Waals surface area contributed by atoms with Gasteiger partial charge in [-0.15, -0.1) is 0 Å². The highest BCUT2D eigenvalue weighted by molar-refractivity contribution is 6.27. The lowest BCUT2D eigenvalue weighted by Crippen LogP contribution is -2.29. The van der Waals surface area contributed by atoms with Gasteiger partial charge in [-0.1, -0.05) is 180 Å². The molecule has 0 aromatic heterocycles. The van der Waals surface area contributed by atoms with Gasteiger partial charge in [0.2, 0.25) is 0 Å². The predicted molar refractivity (Wildman–Crippen MR) is 288 cm³/mol. The number of rotatable bonds is 8. The van der Waals surface area contributed by atoms with E-state index < -0.39 is 0 Å². The number of aryl methyl sites for hydroxylation is 4. The van der Waals surface area contributed by atoms with Crippen LogP contribution in [0.2, 0.25) is 0 Å². The summed E-state index contributed by atoms with van der Waals surface area (Å²) >= 11 is 0. The third-order valence-electron chi connectivity index (χ3n) is 14.8. The van der Waals surface area contributed by atoms with Crippen molar-refractivity contribution >= 4 is 50.4 Å². The zero-order chi connectivity index (χ0) is 45.6. The Morgan fingerprint density at radius 1 is 0.353 bits per heavy atom. The molecular weight excluding hydrogens is 821 g/mol. The summed E-state index contributed by atoms with van der Waals surface area (Å²) < 4.78 is 0. The average molecular weight is 871 g/mol. The van der Waals surface area contributed by atoms with Crippen molar-refractivity contribution in [1.82, 2.24) is 0 Å². The van der Waals surface area contributed by atoms with E-state index in [1.807, 2.05) is 0 Å². The number of anilines is 5. The van der Waals surface area contributed by atoms with Gasteiger partial charge in [-0.05, 0) is 161 Å². The van der Waals surface area contributed by atoms with Crippen LogP contribution >= 0.6 is 0 Å². The first-order chi connectivity index (χ1) is 33.4. The van der Waals surface area contributed by atoms with Crippen molar-refractivity contribution < 1.29 is 0 Å². The lowest BCUT2D eigenvalue weighted by Gasteiger charge is -2.38. The lowest BCUT2D eigenvalue weighted by atomic mass is 9.75. The molecule has 0 saturated heterocycles. The maximum atomic E-state index is 2.49.